The van der Waals surface area contributed by atoms with E-state index in [1.54, 1.807) is 17.5 Å². The van der Waals surface area contributed by atoms with Crippen molar-refractivity contribution < 1.29 is 32.7 Å². The highest BCUT2D eigenvalue weighted by Gasteiger charge is 2.32. The van der Waals surface area contributed by atoms with Gasteiger partial charge in [0.2, 0.25) is 17.7 Å². The zero-order valence-electron chi connectivity index (χ0n) is 22.6. The molecule has 2 rings (SSSR count). The minimum absolute atomic E-state index is 0.0200. The van der Waals surface area contributed by atoms with Crippen LogP contribution in [-0.4, -0.2) is 67.6 Å². The van der Waals surface area contributed by atoms with Crippen LogP contribution in [0.4, 0.5) is 0 Å². The van der Waals surface area contributed by atoms with Gasteiger partial charge >= 0.3 is 5.97 Å². The van der Waals surface area contributed by atoms with Crippen LogP contribution >= 0.6 is 35.6 Å². The Morgan fingerprint density at radius 3 is 2.22 bits per heavy atom. The molecule has 15 heteroatoms. The van der Waals surface area contributed by atoms with Crippen molar-refractivity contribution in [1.82, 2.24) is 20.7 Å². The number of halogens is 1. The molecule has 0 fully saturated rings. The Morgan fingerprint density at radius 1 is 0.976 bits per heavy atom. The van der Waals surface area contributed by atoms with E-state index in [4.69, 9.17) is 16.7 Å². The number of carbonyl (C=O) groups excluding carboxylic acids is 3. The highest BCUT2D eigenvalue weighted by Crippen LogP contribution is 2.17. The third-order valence-electron chi connectivity index (χ3n) is 5.83. The van der Waals surface area contributed by atoms with Crippen LogP contribution in [-0.2, 0) is 35.6 Å². The van der Waals surface area contributed by atoms with Crippen LogP contribution in [0.2, 0.25) is 5.02 Å². The number of thiophene rings is 1. The predicted molar refractivity (Wildman–Crippen MR) is 161 cm³/mol. The summed E-state index contributed by atoms with van der Waals surface area (Å²) < 4.78 is 27.7. The first-order valence-electron chi connectivity index (χ1n) is 12.8. The Hall–Kier alpha value is -2.65. The number of nitrogens with one attached hydrogen (secondary N) is 4. The molecule has 1 aromatic carbocycles. The second-order valence-corrected chi connectivity index (χ2v) is 13.3. The van der Waals surface area contributed by atoms with Crippen LogP contribution in [0.1, 0.15) is 38.7 Å². The summed E-state index contributed by atoms with van der Waals surface area (Å²) in [7, 11) is -4.11. The molecule has 2 aromatic rings. The van der Waals surface area contributed by atoms with E-state index in [0.717, 1.165) is 16.9 Å². The second kappa shape index (κ2) is 16.7. The maximum Gasteiger partial charge on any atom is 0.303 e. The number of thiol groups is 1. The Balaban J connectivity index is 2.09. The van der Waals surface area contributed by atoms with E-state index in [-0.39, 0.29) is 35.3 Å². The number of sulfonamides is 1. The quantitative estimate of drug-likeness (QED) is 0.143. The third kappa shape index (κ3) is 11.6. The highest BCUT2D eigenvalue weighted by molar-refractivity contribution is 7.91. The van der Waals surface area contributed by atoms with Gasteiger partial charge in [0.05, 0.1) is 0 Å². The molecule has 1 aromatic heterocycles. The van der Waals surface area contributed by atoms with Crippen molar-refractivity contribution in [2.24, 2.45) is 5.92 Å². The maximum absolute atomic E-state index is 13.2. The largest absolute Gasteiger partial charge is 0.481 e. The molecule has 0 spiro atoms. The Labute approximate surface area is 254 Å². The van der Waals surface area contributed by atoms with E-state index in [0.29, 0.717) is 11.4 Å². The fraction of sp³-hybridized carbons (Fsp3) is 0.462. The zero-order chi connectivity index (χ0) is 30.6. The molecule has 3 atom stereocenters. The minimum Gasteiger partial charge on any atom is -0.481 e. The van der Waals surface area contributed by atoms with Gasteiger partial charge in [-0.25, -0.2) is 8.42 Å². The van der Waals surface area contributed by atoms with Gasteiger partial charge < -0.3 is 21.1 Å². The molecule has 1 heterocycles. The highest BCUT2D eigenvalue weighted by atomic mass is 35.5. The van der Waals surface area contributed by atoms with Crippen molar-refractivity contribution in [3.8, 4) is 0 Å². The first kappa shape index (κ1) is 34.6. The summed E-state index contributed by atoms with van der Waals surface area (Å²) in [5.41, 5.74) is 0.854. The zero-order valence-corrected chi connectivity index (χ0v) is 25.9. The number of carbonyl (C=O) groups is 4. The summed E-state index contributed by atoms with van der Waals surface area (Å²) in [4.78, 5) is 50.3. The van der Waals surface area contributed by atoms with Crippen molar-refractivity contribution in [2.45, 2.75) is 61.9 Å². The van der Waals surface area contributed by atoms with Crippen molar-refractivity contribution >= 4 is 69.3 Å². The van der Waals surface area contributed by atoms with E-state index in [1.807, 2.05) is 26.0 Å². The molecule has 3 amide bonds. The monoisotopic (exact) mass is 646 g/mol. The van der Waals surface area contributed by atoms with Gasteiger partial charge in [0, 0.05) is 23.7 Å². The first-order chi connectivity index (χ1) is 19.3. The number of carboxylic acids is 1. The van der Waals surface area contributed by atoms with Gasteiger partial charge in [-0.05, 0) is 48.3 Å². The van der Waals surface area contributed by atoms with E-state index in [9.17, 15) is 27.6 Å². The number of rotatable bonds is 17. The fourth-order valence-electron chi connectivity index (χ4n) is 3.76. The molecule has 5 N–H and O–H groups in total. The lowest BCUT2D eigenvalue weighted by molar-refractivity contribution is -0.137. The molecule has 0 saturated heterocycles. The summed E-state index contributed by atoms with van der Waals surface area (Å²) in [6.07, 6.45) is -0.171. The van der Waals surface area contributed by atoms with Gasteiger partial charge in [-0.2, -0.15) is 17.4 Å². The van der Waals surface area contributed by atoms with Crippen molar-refractivity contribution in [1.29, 1.82) is 0 Å². The third-order valence-corrected chi connectivity index (χ3v) is 9.43. The van der Waals surface area contributed by atoms with Crippen LogP contribution in [0.3, 0.4) is 0 Å². The molecule has 0 aliphatic carbocycles. The summed E-state index contributed by atoms with van der Waals surface area (Å²) in [5.74, 6) is -3.30. The van der Waals surface area contributed by atoms with Gasteiger partial charge in [0.25, 0.3) is 10.0 Å². The fourth-order valence-corrected chi connectivity index (χ4v) is 6.49. The second-order valence-electron chi connectivity index (χ2n) is 9.61. The SMILES string of the molecule is CC(C)C[C@H](NC(=O)[C@H](CCC(=O)O)NS(=O)(=O)c1cccs1)C(=O)N[C@@H](CS)C(=O)NCCc1ccccc1Cl. The molecule has 0 aliphatic rings. The smallest absolute Gasteiger partial charge is 0.303 e. The van der Waals surface area contributed by atoms with Gasteiger partial charge in [-0.3, -0.25) is 19.2 Å². The summed E-state index contributed by atoms with van der Waals surface area (Å²) >= 11 is 11.3. The van der Waals surface area contributed by atoms with E-state index >= 15 is 0 Å². The molecule has 226 valence electrons. The molecule has 0 radical (unpaired) electrons. The van der Waals surface area contributed by atoms with E-state index < -0.39 is 58.3 Å². The number of aliphatic carboxylic acids is 1. The van der Waals surface area contributed by atoms with Crippen LogP contribution in [0.15, 0.2) is 46.0 Å². The van der Waals surface area contributed by atoms with Crippen molar-refractivity contribution in [3.63, 3.8) is 0 Å². The molecule has 11 nitrogen and oxygen atoms in total. The lowest BCUT2D eigenvalue weighted by Gasteiger charge is -2.25. The Kier molecular flexibility index (Phi) is 14.1. The normalized spacial score (nSPS) is 13.7. The summed E-state index contributed by atoms with van der Waals surface area (Å²) in [6, 6.07) is 6.52. The average molecular weight is 647 g/mol. The number of hydrogen-bond acceptors (Lipinski definition) is 8. The summed E-state index contributed by atoms with van der Waals surface area (Å²) in [5, 5.41) is 19.1. The summed E-state index contributed by atoms with van der Waals surface area (Å²) in [6.45, 7) is 3.92. The van der Waals surface area contributed by atoms with Gasteiger partial charge in [0.15, 0.2) is 0 Å². The lowest BCUT2D eigenvalue weighted by atomic mass is 10.0. The van der Waals surface area contributed by atoms with Gasteiger partial charge in [0.1, 0.15) is 22.3 Å². The number of carboxylic acid groups (broad SMARTS) is 1. The minimum atomic E-state index is -4.11. The van der Waals surface area contributed by atoms with Crippen LogP contribution in [0.25, 0.3) is 0 Å². The maximum atomic E-state index is 13.2. The van der Waals surface area contributed by atoms with Crippen LogP contribution in [0.5, 0.6) is 0 Å². The first-order valence-corrected chi connectivity index (χ1v) is 16.2. The lowest BCUT2D eigenvalue weighted by Crippen LogP contribution is -2.57. The molecule has 0 saturated carbocycles. The topological polar surface area (TPSA) is 171 Å². The van der Waals surface area contributed by atoms with Crippen molar-refractivity contribution in [3.05, 3.63) is 52.4 Å². The molecule has 0 bridgehead atoms. The molecule has 41 heavy (non-hydrogen) atoms. The van der Waals surface area contributed by atoms with Gasteiger partial charge in [-0.15, -0.1) is 11.3 Å². The van der Waals surface area contributed by atoms with E-state index in [2.05, 4.69) is 33.3 Å². The van der Waals surface area contributed by atoms with Crippen LogP contribution in [0, 0.1) is 5.92 Å². The number of hydrogen-bond donors (Lipinski definition) is 6. The molecule has 0 aliphatic heterocycles. The molecule has 0 unspecified atom stereocenters. The number of amides is 3. The Bertz CT molecular complexity index is 1290. The van der Waals surface area contributed by atoms with Gasteiger partial charge in [-0.1, -0.05) is 49.7 Å². The van der Waals surface area contributed by atoms with Crippen LogP contribution < -0.4 is 20.7 Å². The predicted octanol–water partition coefficient (Wildman–Crippen LogP) is 2.22. The standard InChI is InChI=1S/C26H35ClN4O7S3/c1-16(2)14-20(26(36)30-21(15-39)24(34)28-12-11-17-6-3-4-7-18(17)27)29-25(35)19(9-10-22(32)33)31-41(37,38)23-8-5-13-40-23/h3-8,13,16,19-21,31,39H,9-12,14-15H2,1-2H3,(H,28,34)(H,29,35)(H,30,36)(H,32,33)/t19-,20-,21-/m0/s1. The number of benzene rings is 1. The average Bonchev–Trinajstić information content (AvgIpc) is 3.46. The van der Waals surface area contributed by atoms with E-state index in [1.165, 1.54) is 12.1 Å². The Morgan fingerprint density at radius 2 is 1.63 bits per heavy atom. The molecular formula is C26H35ClN4O7S3. The molecular weight excluding hydrogens is 612 g/mol. The van der Waals surface area contributed by atoms with Crippen molar-refractivity contribution in [2.75, 3.05) is 12.3 Å².